The Morgan fingerprint density at radius 2 is 1.73 bits per heavy atom. The summed E-state index contributed by atoms with van der Waals surface area (Å²) >= 11 is 0. The van der Waals surface area contributed by atoms with Crippen molar-refractivity contribution in [2.75, 3.05) is 13.1 Å². The zero-order valence-electron chi connectivity index (χ0n) is 10.0. The lowest BCUT2D eigenvalue weighted by Crippen LogP contribution is -2.36. The minimum Gasteiger partial charge on any atom is -0.327 e. The van der Waals surface area contributed by atoms with Crippen molar-refractivity contribution in [1.82, 2.24) is 5.32 Å². The highest BCUT2D eigenvalue weighted by atomic mass is 14.9. The quantitative estimate of drug-likeness (QED) is 0.644. The van der Waals surface area contributed by atoms with E-state index in [0.717, 1.165) is 30.7 Å². The van der Waals surface area contributed by atoms with Gasteiger partial charge in [0.1, 0.15) is 0 Å². The van der Waals surface area contributed by atoms with E-state index in [9.17, 15) is 0 Å². The lowest BCUT2D eigenvalue weighted by Gasteiger charge is -2.18. The molecule has 2 saturated carbocycles. The van der Waals surface area contributed by atoms with Crippen molar-refractivity contribution < 1.29 is 0 Å². The Hall–Kier alpha value is -0.0800. The van der Waals surface area contributed by atoms with Gasteiger partial charge in [0.2, 0.25) is 0 Å². The Kier molecular flexibility index (Phi) is 4.04. The summed E-state index contributed by atoms with van der Waals surface area (Å²) in [5.41, 5.74) is 5.99. The normalized spacial score (nSPS) is 23.4. The number of nitrogens with one attached hydrogen (secondary N) is 1. The average molecular weight is 210 g/mol. The molecule has 0 bridgehead atoms. The predicted molar refractivity (Wildman–Crippen MR) is 64.7 cm³/mol. The van der Waals surface area contributed by atoms with Crippen LogP contribution < -0.4 is 11.1 Å². The lowest BCUT2D eigenvalue weighted by molar-refractivity contribution is 0.371. The van der Waals surface area contributed by atoms with Gasteiger partial charge in [-0.3, -0.25) is 0 Å². The van der Waals surface area contributed by atoms with Gasteiger partial charge in [-0.25, -0.2) is 0 Å². The highest BCUT2D eigenvalue weighted by Crippen LogP contribution is 2.48. The maximum absolute atomic E-state index is 5.99. The van der Waals surface area contributed by atoms with Gasteiger partial charge in [-0.05, 0) is 56.4 Å². The zero-order chi connectivity index (χ0) is 10.7. The van der Waals surface area contributed by atoms with Crippen molar-refractivity contribution >= 4 is 0 Å². The van der Waals surface area contributed by atoms with Crippen LogP contribution in [0.5, 0.6) is 0 Å². The highest BCUT2D eigenvalue weighted by Gasteiger charge is 2.40. The van der Waals surface area contributed by atoms with Gasteiger partial charge in [0.25, 0.3) is 0 Å². The molecule has 0 aromatic carbocycles. The van der Waals surface area contributed by atoms with Gasteiger partial charge in [-0.15, -0.1) is 0 Å². The van der Waals surface area contributed by atoms with Crippen LogP contribution in [0.15, 0.2) is 0 Å². The summed E-state index contributed by atoms with van der Waals surface area (Å²) in [7, 11) is 0. The Bertz CT molecular complexity index is 173. The van der Waals surface area contributed by atoms with Gasteiger partial charge >= 0.3 is 0 Å². The van der Waals surface area contributed by atoms with Crippen molar-refractivity contribution in [1.29, 1.82) is 0 Å². The summed E-state index contributed by atoms with van der Waals surface area (Å²) in [6.45, 7) is 4.45. The van der Waals surface area contributed by atoms with Crippen molar-refractivity contribution in [3.63, 3.8) is 0 Å². The Labute approximate surface area is 94.0 Å². The summed E-state index contributed by atoms with van der Waals surface area (Å²) in [5.74, 6) is 3.11. The van der Waals surface area contributed by atoms with E-state index < -0.39 is 0 Å². The molecule has 1 unspecified atom stereocenters. The molecule has 0 aliphatic heterocycles. The Morgan fingerprint density at radius 3 is 2.20 bits per heavy atom. The highest BCUT2D eigenvalue weighted by molar-refractivity contribution is 4.92. The number of rotatable bonds is 8. The van der Waals surface area contributed by atoms with Crippen LogP contribution in [0.4, 0.5) is 0 Å². The third kappa shape index (κ3) is 3.76. The summed E-state index contributed by atoms with van der Waals surface area (Å²) in [4.78, 5) is 0. The molecule has 2 aliphatic rings. The molecule has 0 spiro atoms. The van der Waals surface area contributed by atoms with E-state index in [4.69, 9.17) is 5.73 Å². The van der Waals surface area contributed by atoms with Crippen LogP contribution in [-0.2, 0) is 0 Å². The van der Waals surface area contributed by atoms with E-state index in [-0.39, 0.29) is 0 Å². The third-order valence-electron chi connectivity index (χ3n) is 3.90. The van der Waals surface area contributed by atoms with Crippen LogP contribution in [-0.4, -0.2) is 19.1 Å². The zero-order valence-corrected chi connectivity index (χ0v) is 10.0. The molecule has 2 heteroatoms. The molecular formula is C13H26N2. The molecule has 0 radical (unpaired) electrons. The summed E-state index contributed by atoms with van der Waals surface area (Å²) < 4.78 is 0. The van der Waals surface area contributed by atoms with Gasteiger partial charge in [-0.1, -0.05) is 13.3 Å². The van der Waals surface area contributed by atoms with Crippen LogP contribution in [0, 0.1) is 17.8 Å². The monoisotopic (exact) mass is 210 g/mol. The minimum atomic E-state index is 0.369. The van der Waals surface area contributed by atoms with Crippen molar-refractivity contribution in [2.24, 2.45) is 23.5 Å². The first-order chi connectivity index (χ1) is 7.31. The topological polar surface area (TPSA) is 38.0 Å². The van der Waals surface area contributed by atoms with Gasteiger partial charge in [0.05, 0.1) is 0 Å². The summed E-state index contributed by atoms with van der Waals surface area (Å²) in [6, 6.07) is 0.369. The average Bonchev–Trinajstić information content (AvgIpc) is 3.03. The SMILES string of the molecule is CCCC(N)CNCC(C1CC1)C1CC1. The molecular weight excluding hydrogens is 184 g/mol. The van der Waals surface area contributed by atoms with Crippen LogP contribution in [0.3, 0.4) is 0 Å². The molecule has 2 nitrogen and oxygen atoms in total. The van der Waals surface area contributed by atoms with E-state index in [1.165, 1.54) is 38.6 Å². The van der Waals surface area contributed by atoms with E-state index in [1.54, 1.807) is 0 Å². The molecule has 0 aromatic heterocycles. The number of nitrogens with two attached hydrogens (primary N) is 1. The molecule has 15 heavy (non-hydrogen) atoms. The van der Waals surface area contributed by atoms with Crippen molar-refractivity contribution in [2.45, 2.75) is 51.5 Å². The maximum Gasteiger partial charge on any atom is 0.0165 e. The second-order valence-electron chi connectivity index (χ2n) is 5.55. The molecule has 0 amide bonds. The molecule has 3 N–H and O–H groups in total. The van der Waals surface area contributed by atoms with Crippen molar-refractivity contribution in [3.8, 4) is 0 Å². The molecule has 2 fully saturated rings. The van der Waals surface area contributed by atoms with Crippen LogP contribution in [0.2, 0.25) is 0 Å². The largest absolute Gasteiger partial charge is 0.327 e. The van der Waals surface area contributed by atoms with Gasteiger partial charge in [0, 0.05) is 12.6 Å². The van der Waals surface area contributed by atoms with E-state index in [0.29, 0.717) is 6.04 Å². The van der Waals surface area contributed by atoms with Gasteiger partial charge in [-0.2, -0.15) is 0 Å². The van der Waals surface area contributed by atoms with Crippen molar-refractivity contribution in [3.05, 3.63) is 0 Å². The van der Waals surface area contributed by atoms with Crippen LogP contribution >= 0.6 is 0 Å². The molecule has 1 atom stereocenters. The molecule has 2 rings (SSSR count). The number of hydrogen-bond acceptors (Lipinski definition) is 2. The Balaban J connectivity index is 1.58. The van der Waals surface area contributed by atoms with Crippen LogP contribution in [0.1, 0.15) is 45.4 Å². The molecule has 88 valence electrons. The first kappa shape index (κ1) is 11.4. The fourth-order valence-corrected chi connectivity index (χ4v) is 2.68. The predicted octanol–water partition coefficient (Wildman–Crippen LogP) is 2.14. The van der Waals surface area contributed by atoms with E-state index in [1.807, 2.05) is 0 Å². The Morgan fingerprint density at radius 1 is 1.13 bits per heavy atom. The maximum atomic E-state index is 5.99. The minimum absolute atomic E-state index is 0.369. The molecule has 0 heterocycles. The smallest absolute Gasteiger partial charge is 0.0165 e. The van der Waals surface area contributed by atoms with Gasteiger partial charge in [0.15, 0.2) is 0 Å². The first-order valence-electron chi connectivity index (χ1n) is 6.77. The standard InChI is InChI=1S/C13H26N2/c1-2-3-12(14)8-15-9-13(10-4-5-10)11-6-7-11/h10-13,15H,2-9,14H2,1H3. The lowest BCUT2D eigenvalue weighted by atomic mass is 9.98. The molecule has 0 aromatic rings. The molecule has 2 aliphatic carbocycles. The van der Waals surface area contributed by atoms with Gasteiger partial charge < -0.3 is 11.1 Å². The van der Waals surface area contributed by atoms with E-state index in [2.05, 4.69) is 12.2 Å². The third-order valence-corrected chi connectivity index (χ3v) is 3.90. The fourth-order valence-electron chi connectivity index (χ4n) is 2.68. The first-order valence-corrected chi connectivity index (χ1v) is 6.77. The summed E-state index contributed by atoms with van der Waals surface area (Å²) in [6.07, 6.45) is 8.32. The van der Waals surface area contributed by atoms with E-state index >= 15 is 0 Å². The molecule has 0 saturated heterocycles. The summed E-state index contributed by atoms with van der Waals surface area (Å²) in [5, 5.41) is 3.59. The number of hydrogen-bond donors (Lipinski definition) is 2. The van der Waals surface area contributed by atoms with Crippen LogP contribution in [0.25, 0.3) is 0 Å². The second kappa shape index (κ2) is 5.31. The fraction of sp³-hybridized carbons (Fsp3) is 1.00. The second-order valence-corrected chi connectivity index (χ2v) is 5.55.